The summed E-state index contributed by atoms with van der Waals surface area (Å²) in [6.45, 7) is 7.04. The Morgan fingerprint density at radius 2 is 2.00 bits per heavy atom. The first kappa shape index (κ1) is 22.0. The van der Waals surface area contributed by atoms with Gasteiger partial charge in [-0.25, -0.2) is 15.5 Å². The van der Waals surface area contributed by atoms with Crippen molar-refractivity contribution in [2.75, 3.05) is 45.3 Å². The number of amidine groups is 1. The number of nitrogens with one attached hydrogen (secondary N) is 3. The van der Waals surface area contributed by atoms with Crippen LogP contribution in [0.3, 0.4) is 0 Å². The molecule has 2 amide bonds. The van der Waals surface area contributed by atoms with Gasteiger partial charge in [0.1, 0.15) is 0 Å². The van der Waals surface area contributed by atoms with Crippen LogP contribution in [0.2, 0.25) is 0 Å². The first-order valence-corrected chi connectivity index (χ1v) is 10.5. The minimum absolute atomic E-state index is 0.0338. The number of nitrogens with zero attached hydrogens (tertiary/aromatic N) is 3. The highest BCUT2D eigenvalue weighted by Gasteiger charge is 2.37. The average molecular weight is 441 g/mol. The van der Waals surface area contributed by atoms with Crippen molar-refractivity contribution in [2.45, 2.75) is 13.8 Å². The molecule has 0 bridgehead atoms. The van der Waals surface area contributed by atoms with Gasteiger partial charge in [0, 0.05) is 43.3 Å². The van der Waals surface area contributed by atoms with Gasteiger partial charge in [-0.1, -0.05) is 6.07 Å². The summed E-state index contributed by atoms with van der Waals surface area (Å²) in [6.07, 6.45) is 3.58. The lowest BCUT2D eigenvalue weighted by molar-refractivity contribution is -0.130. The smallest absolute Gasteiger partial charge is 0.274 e. The van der Waals surface area contributed by atoms with E-state index in [1.165, 1.54) is 7.11 Å². The zero-order valence-corrected chi connectivity index (χ0v) is 18.5. The number of amides is 2. The molecule has 1 unspecified atom stereocenters. The summed E-state index contributed by atoms with van der Waals surface area (Å²) in [5, 5.41) is 5.26. The monoisotopic (exact) mass is 440 g/mol. The van der Waals surface area contributed by atoms with Gasteiger partial charge in [-0.2, -0.15) is 0 Å². The molecule has 3 heterocycles. The summed E-state index contributed by atoms with van der Waals surface area (Å²) in [7, 11) is 1.39. The van der Waals surface area contributed by atoms with Crippen LogP contribution in [0.5, 0.6) is 0 Å². The van der Waals surface area contributed by atoms with Crippen LogP contribution in [-0.4, -0.2) is 67.5 Å². The molecule has 1 atom stereocenters. The van der Waals surface area contributed by atoms with E-state index in [1.54, 1.807) is 18.3 Å². The van der Waals surface area contributed by atoms with Crippen molar-refractivity contribution >= 4 is 23.3 Å². The fourth-order valence-corrected chi connectivity index (χ4v) is 3.98. The second-order valence-electron chi connectivity index (χ2n) is 7.88. The topological polar surface area (TPSA) is 108 Å². The number of carbonyl (C=O) groups excluding carboxylic acids is 2. The quantitative estimate of drug-likeness (QED) is 0.590. The lowest BCUT2D eigenvalue weighted by Gasteiger charge is -2.28. The van der Waals surface area contributed by atoms with Gasteiger partial charge in [0.2, 0.25) is 5.91 Å². The SMILES string of the molecule is CONC(=O)c1ccc(C)c(NC2=NC=CN3CC(C(=O)NN4CCOCC4)C(C)=C23)c1. The highest BCUT2D eigenvalue weighted by molar-refractivity contribution is 6.10. The van der Waals surface area contributed by atoms with Crippen molar-refractivity contribution in [1.29, 1.82) is 0 Å². The summed E-state index contributed by atoms with van der Waals surface area (Å²) in [5.41, 5.74) is 9.34. The van der Waals surface area contributed by atoms with Crippen LogP contribution in [0, 0.1) is 12.8 Å². The number of hydroxylamine groups is 1. The molecule has 0 aromatic heterocycles. The molecule has 10 heteroatoms. The number of aliphatic imine (C=N–C) groups is 1. The van der Waals surface area contributed by atoms with Crippen LogP contribution in [0.25, 0.3) is 0 Å². The molecule has 1 aromatic rings. The molecule has 3 aliphatic heterocycles. The van der Waals surface area contributed by atoms with Crippen LogP contribution in [0.15, 0.2) is 46.9 Å². The first-order valence-electron chi connectivity index (χ1n) is 10.5. The number of anilines is 1. The van der Waals surface area contributed by atoms with Crippen LogP contribution in [0.1, 0.15) is 22.8 Å². The molecule has 3 aliphatic rings. The summed E-state index contributed by atoms with van der Waals surface area (Å²) in [4.78, 5) is 36.4. The molecule has 10 nitrogen and oxygen atoms in total. The van der Waals surface area contributed by atoms with Crippen molar-refractivity contribution in [1.82, 2.24) is 20.8 Å². The van der Waals surface area contributed by atoms with E-state index in [0.29, 0.717) is 44.2 Å². The second-order valence-corrected chi connectivity index (χ2v) is 7.88. The molecule has 0 saturated carbocycles. The number of carbonyl (C=O) groups is 2. The Kier molecular flexibility index (Phi) is 6.54. The predicted molar refractivity (Wildman–Crippen MR) is 119 cm³/mol. The summed E-state index contributed by atoms with van der Waals surface area (Å²) < 4.78 is 5.35. The summed E-state index contributed by atoms with van der Waals surface area (Å²) in [6, 6.07) is 5.34. The predicted octanol–water partition coefficient (Wildman–Crippen LogP) is 1.15. The third kappa shape index (κ3) is 4.52. The van der Waals surface area contributed by atoms with E-state index in [-0.39, 0.29) is 17.7 Å². The van der Waals surface area contributed by atoms with Gasteiger partial charge in [-0.05, 0) is 37.1 Å². The van der Waals surface area contributed by atoms with Gasteiger partial charge in [-0.15, -0.1) is 0 Å². The largest absolute Gasteiger partial charge is 0.379 e. The molecule has 32 heavy (non-hydrogen) atoms. The second kappa shape index (κ2) is 9.51. The molecular formula is C22H28N6O4. The van der Waals surface area contributed by atoms with Gasteiger partial charge in [0.25, 0.3) is 5.91 Å². The molecule has 1 saturated heterocycles. The fraction of sp³-hybridized carbons (Fsp3) is 0.409. The number of hydrazine groups is 1. The van der Waals surface area contributed by atoms with E-state index in [4.69, 9.17) is 9.57 Å². The van der Waals surface area contributed by atoms with Crippen LogP contribution in [0.4, 0.5) is 5.69 Å². The Labute approximate surface area is 186 Å². The van der Waals surface area contributed by atoms with Gasteiger partial charge < -0.3 is 15.0 Å². The van der Waals surface area contributed by atoms with E-state index in [2.05, 4.69) is 21.2 Å². The highest BCUT2D eigenvalue weighted by atomic mass is 16.6. The van der Waals surface area contributed by atoms with E-state index < -0.39 is 0 Å². The Morgan fingerprint density at radius 3 is 2.75 bits per heavy atom. The minimum atomic E-state index is -0.334. The van der Waals surface area contributed by atoms with Crippen molar-refractivity contribution in [3.63, 3.8) is 0 Å². The zero-order chi connectivity index (χ0) is 22.7. The zero-order valence-electron chi connectivity index (χ0n) is 18.5. The van der Waals surface area contributed by atoms with Crippen LogP contribution in [-0.2, 0) is 14.4 Å². The van der Waals surface area contributed by atoms with Crippen molar-refractivity contribution in [3.8, 4) is 0 Å². The number of fused-ring (bicyclic) bond motifs is 1. The van der Waals surface area contributed by atoms with Gasteiger partial charge in [0.15, 0.2) is 5.84 Å². The van der Waals surface area contributed by atoms with Crippen LogP contribution < -0.4 is 16.2 Å². The number of benzene rings is 1. The molecule has 170 valence electrons. The number of hydrogen-bond donors (Lipinski definition) is 3. The molecule has 0 spiro atoms. The summed E-state index contributed by atoms with van der Waals surface area (Å²) in [5.74, 6) is -0.0196. The van der Waals surface area contributed by atoms with E-state index in [0.717, 1.165) is 22.5 Å². The molecule has 0 radical (unpaired) electrons. The first-order chi connectivity index (χ1) is 15.5. The van der Waals surface area contributed by atoms with Crippen molar-refractivity contribution in [2.24, 2.45) is 10.9 Å². The third-order valence-electron chi connectivity index (χ3n) is 5.78. The average Bonchev–Trinajstić information content (AvgIpc) is 3.13. The Balaban J connectivity index is 1.53. The maximum Gasteiger partial charge on any atom is 0.274 e. The van der Waals surface area contributed by atoms with Crippen LogP contribution >= 0.6 is 0 Å². The Hall–Kier alpha value is -3.21. The lowest BCUT2D eigenvalue weighted by atomic mass is 10.0. The van der Waals surface area contributed by atoms with E-state index in [1.807, 2.05) is 36.0 Å². The highest BCUT2D eigenvalue weighted by Crippen LogP contribution is 2.32. The fourth-order valence-electron chi connectivity index (χ4n) is 3.98. The third-order valence-corrected chi connectivity index (χ3v) is 5.78. The number of hydrogen-bond acceptors (Lipinski definition) is 8. The molecule has 4 rings (SSSR count). The van der Waals surface area contributed by atoms with Gasteiger partial charge in [0.05, 0.1) is 31.9 Å². The summed E-state index contributed by atoms with van der Waals surface area (Å²) >= 11 is 0. The molecule has 0 aliphatic carbocycles. The number of morpholine rings is 1. The van der Waals surface area contributed by atoms with Crippen molar-refractivity contribution < 1.29 is 19.2 Å². The molecule has 1 fully saturated rings. The van der Waals surface area contributed by atoms with Gasteiger partial charge in [-0.3, -0.25) is 19.9 Å². The number of aryl methyl sites for hydroxylation is 1. The maximum atomic E-state index is 13.0. The Bertz CT molecular complexity index is 996. The van der Waals surface area contributed by atoms with E-state index in [9.17, 15) is 9.59 Å². The van der Waals surface area contributed by atoms with E-state index >= 15 is 0 Å². The normalized spacial score (nSPS) is 20.7. The number of rotatable bonds is 5. The van der Waals surface area contributed by atoms with Crippen molar-refractivity contribution in [3.05, 3.63) is 53.0 Å². The molecule has 3 N–H and O–H groups in total. The lowest BCUT2D eigenvalue weighted by Crippen LogP contribution is -2.50. The van der Waals surface area contributed by atoms with Gasteiger partial charge >= 0.3 is 0 Å². The maximum absolute atomic E-state index is 13.0. The minimum Gasteiger partial charge on any atom is -0.379 e. The Morgan fingerprint density at radius 1 is 1.22 bits per heavy atom. The molecule has 1 aromatic carbocycles. The molecular weight excluding hydrogens is 412 g/mol. The number of ether oxygens (including phenoxy) is 1. The standard InChI is InChI=1S/C22H28N6O4/c1-14-4-5-16(21(29)26-31-3)12-18(14)24-20-19-15(2)17(13-27(19)7-6-23-20)22(30)25-28-8-10-32-11-9-28/h4-7,12,17H,8-11,13H2,1-3H3,(H,23,24)(H,25,30)(H,26,29).